The second-order valence-electron chi connectivity index (χ2n) is 0.366. The quantitative estimate of drug-likeness (QED) is 0.649. The molecule has 7 heteroatoms. The summed E-state index contributed by atoms with van der Waals surface area (Å²) in [6.45, 7) is 0. The largest absolute Gasteiger partial charge is 0 e. The molecule has 0 aromatic heterocycles. The molecule has 0 aliphatic heterocycles. The van der Waals surface area contributed by atoms with Gasteiger partial charge < -0.3 is 10.2 Å². The molecular weight excluding hydrogens is 274 g/mol. The van der Waals surface area contributed by atoms with Crippen LogP contribution in [0.15, 0.2) is 0 Å². The van der Waals surface area contributed by atoms with Crippen molar-refractivity contribution in [2.75, 3.05) is 0 Å². The Balaban J connectivity index is -0.0000000575. The molecule has 0 aromatic rings. The molecule has 0 heterocycles. The molecule has 0 rings (SSSR count). The van der Waals surface area contributed by atoms with E-state index >= 15 is 0 Å². The van der Waals surface area contributed by atoms with Crippen LogP contribution in [0.1, 0.15) is 0 Å². The van der Waals surface area contributed by atoms with Crippen molar-refractivity contribution >= 4 is 6.16 Å². The third-order valence-corrected chi connectivity index (χ3v) is 0. The van der Waals surface area contributed by atoms with Crippen LogP contribution < -0.4 is 0 Å². The molecule has 5 nitrogen and oxygen atoms in total. The van der Waals surface area contributed by atoms with Gasteiger partial charge in [0.1, 0.15) is 0 Å². The third kappa shape index (κ3) is 521. The summed E-state index contributed by atoms with van der Waals surface area (Å²) >= 11 is -2.27. The molecule has 0 spiro atoms. The van der Waals surface area contributed by atoms with E-state index in [0.29, 0.717) is 0 Å². The molecule has 0 unspecified atom stereocenters. The first-order valence-corrected chi connectivity index (χ1v) is 3.07. The van der Waals surface area contributed by atoms with Crippen LogP contribution in [0.2, 0.25) is 0 Å². The standard InChI is InChI=1S/CH2O3.2O.2Zr/c2-1(3)4;;;;/h(H2,2,3,4);;;;. The van der Waals surface area contributed by atoms with Gasteiger partial charge in [0.05, 0.1) is 0 Å². The predicted molar refractivity (Wildman–Crippen MR) is 12.0 cm³/mol. The van der Waals surface area contributed by atoms with E-state index in [4.69, 9.17) is 20.6 Å². The second kappa shape index (κ2) is 15.6. The second-order valence-corrected chi connectivity index (χ2v) is 0.776. The van der Waals surface area contributed by atoms with E-state index in [1.165, 1.54) is 0 Å². The number of carboxylic acid groups (broad SMARTS) is 2. The average Bonchev–Trinajstić information content (AvgIpc) is 1.33. The Morgan fingerprint density at radius 2 is 1.25 bits per heavy atom. The van der Waals surface area contributed by atoms with Gasteiger partial charge in [-0.25, -0.2) is 4.79 Å². The van der Waals surface area contributed by atoms with E-state index in [1.54, 1.807) is 0 Å². The minimum Gasteiger partial charge on any atom is 0 e. The Labute approximate surface area is 75.7 Å². The molecule has 44 valence electrons. The maximum atomic E-state index is 8.56. The zero-order chi connectivity index (χ0) is 6.28. The molecule has 0 saturated heterocycles. The minimum absolute atomic E-state index is 0. The summed E-state index contributed by atoms with van der Waals surface area (Å²) in [6, 6.07) is 0. The summed E-state index contributed by atoms with van der Waals surface area (Å²) in [5.74, 6) is 0. The fourth-order valence-corrected chi connectivity index (χ4v) is 0. The smallest absolute Gasteiger partial charge is 0 e. The SMILES string of the molecule is O=C(O)O.[O]=[Zr]=[O].[Zr]. The molecule has 0 radical (unpaired) electrons. The number of rotatable bonds is 0. The Bertz CT molecular complexity index is 78.4. The Hall–Kier alpha value is 0.636. The normalized spacial score (nSPS) is 4.00. The van der Waals surface area contributed by atoms with E-state index in [2.05, 4.69) is 0 Å². The van der Waals surface area contributed by atoms with Crippen LogP contribution in [0.5, 0.6) is 0 Å². The van der Waals surface area contributed by atoms with Gasteiger partial charge in [-0.2, -0.15) is 0 Å². The predicted octanol–water partition coefficient (Wildman–Crippen LogP) is -0.0202. The van der Waals surface area contributed by atoms with Crippen molar-refractivity contribution in [2.45, 2.75) is 0 Å². The topological polar surface area (TPSA) is 91.7 Å². The Morgan fingerprint density at radius 1 is 1.25 bits per heavy atom. The van der Waals surface area contributed by atoms with Crippen LogP contribution in [-0.4, -0.2) is 16.4 Å². The summed E-state index contributed by atoms with van der Waals surface area (Å²) in [5.41, 5.74) is 0. The van der Waals surface area contributed by atoms with Gasteiger partial charge in [0.2, 0.25) is 0 Å². The van der Waals surface area contributed by atoms with Gasteiger partial charge >= 0.3 is 35.0 Å². The zero-order valence-corrected chi connectivity index (χ0v) is 8.54. The van der Waals surface area contributed by atoms with Gasteiger partial charge in [-0.15, -0.1) is 0 Å². The first-order chi connectivity index (χ1) is 3.15. The maximum Gasteiger partial charge on any atom is 0 e. The van der Waals surface area contributed by atoms with Gasteiger partial charge in [-0.1, -0.05) is 0 Å². The Kier molecular flexibility index (Phi) is 31.0. The monoisotopic (exact) mass is 274 g/mol. The molecule has 0 fully saturated rings. The number of hydrogen-bond acceptors (Lipinski definition) is 3. The van der Waals surface area contributed by atoms with Crippen molar-refractivity contribution in [1.29, 1.82) is 0 Å². The molecule has 8 heavy (non-hydrogen) atoms. The molecule has 0 saturated carbocycles. The fourth-order valence-electron chi connectivity index (χ4n) is 0. The average molecular weight is 276 g/mol. The number of hydrogen-bond donors (Lipinski definition) is 2. The molecule has 0 atom stereocenters. The molecule has 0 aromatic carbocycles. The van der Waals surface area contributed by atoms with Crippen molar-refractivity contribution in [3.8, 4) is 0 Å². The summed E-state index contributed by atoms with van der Waals surface area (Å²) < 4.78 is 17.1. The van der Waals surface area contributed by atoms with E-state index in [1.807, 2.05) is 0 Å². The van der Waals surface area contributed by atoms with Crippen molar-refractivity contribution in [3.05, 3.63) is 0 Å². The van der Waals surface area contributed by atoms with E-state index in [-0.39, 0.29) is 26.2 Å². The van der Waals surface area contributed by atoms with E-state index in [9.17, 15) is 0 Å². The first kappa shape index (κ1) is 15.9. The Morgan fingerprint density at radius 3 is 1.25 bits per heavy atom. The molecule has 0 amide bonds. The van der Waals surface area contributed by atoms with Gasteiger partial charge in [-0.05, 0) is 0 Å². The molecule has 0 aliphatic carbocycles. The van der Waals surface area contributed by atoms with Gasteiger partial charge in [0.25, 0.3) is 0 Å². The van der Waals surface area contributed by atoms with Crippen LogP contribution in [0.25, 0.3) is 0 Å². The minimum atomic E-state index is -2.27. The zero-order valence-electron chi connectivity index (χ0n) is 3.62. The molecular formula is CH2O5Zr2. The third-order valence-electron chi connectivity index (χ3n) is 0. The van der Waals surface area contributed by atoms with E-state index in [0.717, 1.165) is 0 Å². The summed E-state index contributed by atoms with van der Waals surface area (Å²) in [7, 11) is 0. The van der Waals surface area contributed by atoms with Gasteiger partial charge in [-0.3, -0.25) is 0 Å². The molecule has 2 N–H and O–H groups in total. The summed E-state index contributed by atoms with van der Waals surface area (Å²) in [5, 5.41) is 13.9. The summed E-state index contributed by atoms with van der Waals surface area (Å²) in [6.07, 6.45) is -1.83. The van der Waals surface area contributed by atoms with Crippen LogP contribution in [0.3, 0.4) is 0 Å². The summed E-state index contributed by atoms with van der Waals surface area (Å²) in [4.78, 5) is 8.56. The van der Waals surface area contributed by atoms with Crippen LogP contribution in [0.4, 0.5) is 4.79 Å². The van der Waals surface area contributed by atoms with Crippen molar-refractivity contribution < 1.29 is 70.1 Å². The van der Waals surface area contributed by atoms with Crippen molar-refractivity contribution in [2.24, 2.45) is 0 Å². The molecule has 0 bridgehead atoms. The van der Waals surface area contributed by atoms with Crippen LogP contribution in [0, 0.1) is 0 Å². The number of carbonyl (C=O) groups is 1. The van der Waals surface area contributed by atoms with Crippen LogP contribution in [-0.2, 0) is 55.1 Å². The maximum absolute atomic E-state index is 8.56. The van der Waals surface area contributed by atoms with Crippen LogP contribution >= 0.6 is 0 Å². The van der Waals surface area contributed by atoms with E-state index < -0.39 is 29.4 Å². The fraction of sp³-hybridized carbons (Fsp3) is 0. The van der Waals surface area contributed by atoms with Gasteiger partial charge in [0, 0.05) is 26.2 Å². The first-order valence-electron chi connectivity index (χ1n) is 1.06. The van der Waals surface area contributed by atoms with Gasteiger partial charge in [0.15, 0.2) is 0 Å². The van der Waals surface area contributed by atoms with Crippen molar-refractivity contribution in [3.63, 3.8) is 0 Å². The van der Waals surface area contributed by atoms with Crippen molar-refractivity contribution in [1.82, 2.24) is 0 Å². The molecule has 0 aliphatic rings.